The van der Waals surface area contributed by atoms with Crippen molar-refractivity contribution in [1.82, 2.24) is 0 Å². The first-order valence-electron chi connectivity index (χ1n) is 7.16. The fourth-order valence-corrected chi connectivity index (χ4v) is 3.73. The first-order valence-corrected chi connectivity index (χ1v) is 7.60. The fourth-order valence-electron chi connectivity index (χ4n) is 3.31. The van der Waals surface area contributed by atoms with E-state index in [2.05, 4.69) is 34.3 Å². The van der Waals surface area contributed by atoms with Crippen molar-refractivity contribution in [3.63, 3.8) is 0 Å². The largest absolute Gasteiger partial charge is 0.172 e. The Morgan fingerprint density at radius 1 is 1.47 bits per heavy atom. The Balaban J connectivity index is 2.53. The molecule has 0 heterocycles. The van der Waals surface area contributed by atoms with Gasteiger partial charge in [0.25, 0.3) is 0 Å². The summed E-state index contributed by atoms with van der Waals surface area (Å²) in [5.41, 5.74) is 1.97. The lowest BCUT2D eigenvalue weighted by Gasteiger charge is -2.38. The molecule has 0 N–H and O–H groups in total. The molecule has 0 amide bonds. The topological polar surface area (TPSA) is 0 Å². The van der Waals surface area contributed by atoms with Crippen molar-refractivity contribution in [1.29, 1.82) is 0 Å². The van der Waals surface area contributed by atoms with Crippen LogP contribution in [0.3, 0.4) is 0 Å². The van der Waals surface area contributed by atoms with E-state index < -0.39 is 0 Å². The first-order chi connectivity index (χ1) is 7.76. The van der Waals surface area contributed by atoms with Gasteiger partial charge in [-0.15, -0.1) is 0 Å². The van der Waals surface area contributed by atoms with Crippen molar-refractivity contribution in [3.8, 4) is 0 Å². The maximum atomic E-state index is 4.81. The molecule has 0 aromatic rings. The minimum absolute atomic E-state index is 0.146. The summed E-state index contributed by atoms with van der Waals surface area (Å²) in [6.45, 7) is 13.7. The van der Waals surface area contributed by atoms with Crippen molar-refractivity contribution in [3.05, 3.63) is 12.2 Å². The van der Waals surface area contributed by atoms with Crippen LogP contribution in [0.1, 0.15) is 72.6 Å². The van der Waals surface area contributed by atoms with E-state index >= 15 is 0 Å². The molecule has 0 nitrogen and oxygen atoms in total. The molecule has 0 aliphatic heterocycles. The third-order valence-electron chi connectivity index (χ3n) is 4.18. The van der Waals surface area contributed by atoms with E-state index in [1.54, 1.807) is 0 Å². The molecule has 2 atom stereocenters. The third-order valence-corrected chi connectivity index (χ3v) is 4.56. The summed E-state index contributed by atoms with van der Waals surface area (Å²) >= 11 is 4.81. The standard InChI is InChI=1S/C16H30S/c1-6-9-16(5,17)11-13(2)14-8-7-10-15(3,4)12-14/h14,17H,2,6-12H2,1,3-5H3. The van der Waals surface area contributed by atoms with Crippen LogP contribution in [-0.2, 0) is 0 Å². The van der Waals surface area contributed by atoms with Gasteiger partial charge in [-0.25, -0.2) is 0 Å². The van der Waals surface area contributed by atoms with Crippen LogP contribution in [0.4, 0.5) is 0 Å². The summed E-state index contributed by atoms with van der Waals surface area (Å²) in [5.74, 6) is 0.738. The molecule has 0 radical (unpaired) electrons. The Hall–Kier alpha value is 0.0900. The van der Waals surface area contributed by atoms with E-state index in [4.69, 9.17) is 12.6 Å². The fraction of sp³-hybridized carbons (Fsp3) is 0.875. The molecule has 1 fully saturated rings. The monoisotopic (exact) mass is 254 g/mol. The summed E-state index contributed by atoms with van der Waals surface area (Å²) < 4.78 is 0.146. The van der Waals surface area contributed by atoms with Crippen molar-refractivity contribution in [2.45, 2.75) is 77.4 Å². The average molecular weight is 254 g/mol. The van der Waals surface area contributed by atoms with E-state index in [1.165, 1.54) is 44.1 Å². The zero-order valence-corrected chi connectivity index (χ0v) is 13.1. The molecular formula is C16H30S. The molecule has 0 bridgehead atoms. The molecule has 2 unspecified atom stereocenters. The molecule has 17 heavy (non-hydrogen) atoms. The van der Waals surface area contributed by atoms with Gasteiger partial charge in [-0.2, -0.15) is 12.6 Å². The SMILES string of the molecule is C=C(CC(C)(S)CCC)C1CCCC(C)(C)C1. The van der Waals surface area contributed by atoms with Crippen molar-refractivity contribution < 1.29 is 0 Å². The molecule has 1 aliphatic carbocycles. The van der Waals surface area contributed by atoms with Crippen LogP contribution in [0.5, 0.6) is 0 Å². The maximum Gasteiger partial charge on any atom is 0.0138 e. The number of hydrogen-bond donors (Lipinski definition) is 1. The van der Waals surface area contributed by atoms with Crippen LogP contribution >= 0.6 is 12.6 Å². The summed E-state index contributed by atoms with van der Waals surface area (Å²) in [5, 5.41) is 0. The minimum Gasteiger partial charge on any atom is -0.172 e. The molecule has 1 rings (SSSR count). The van der Waals surface area contributed by atoms with Gasteiger partial charge in [-0.05, 0) is 43.4 Å². The normalized spacial score (nSPS) is 27.5. The molecule has 100 valence electrons. The van der Waals surface area contributed by atoms with Crippen LogP contribution in [0, 0.1) is 11.3 Å². The Labute approximate surface area is 114 Å². The van der Waals surface area contributed by atoms with E-state index in [0.29, 0.717) is 5.41 Å². The van der Waals surface area contributed by atoms with Gasteiger partial charge < -0.3 is 0 Å². The van der Waals surface area contributed by atoms with Crippen LogP contribution in [-0.4, -0.2) is 4.75 Å². The second-order valence-electron chi connectivity index (χ2n) is 7.04. The highest BCUT2D eigenvalue weighted by molar-refractivity contribution is 7.81. The lowest BCUT2D eigenvalue weighted by molar-refractivity contribution is 0.196. The van der Waals surface area contributed by atoms with Gasteiger partial charge in [-0.1, -0.05) is 52.7 Å². The first kappa shape index (κ1) is 15.1. The van der Waals surface area contributed by atoms with Gasteiger partial charge >= 0.3 is 0 Å². The highest BCUT2D eigenvalue weighted by Gasteiger charge is 2.31. The molecule has 0 aromatic carbocycles. The number of thiol groups is 1. The average Bonchev–Trinajstić information content (AvgIpc) is 2.14. The van der Waals surface area contributed by atoms with Gasteiger partial charge in [0, 0.05) is 4.75 Å². The zero-order valence-electron chi connectivity index (χ0n) is 12.2. The molecule has 0 aromatic heterocycles. The molecule has 0 spiro atoms. The summed E-state index contributed by atoms with van der Waals surface area (Å²) in [6.07, 6.45) is 8.90. The predicted octanol–water partition coefficient (Wildman–Crippen LogP) is 5.64. The predicted molar refractivity (Wildman–Crippen MR) is 81.8 cm³/mol. The van der Waals surface area contributed by atoms with Crippen molar-refractivity contribution >= 4 is 12.6 Å². The van der Waals surface area contributed by atoms with Crippen LogP contribution in [0.25, 0.3) is 0 Å². The molecule has 0 saturated heterocycles. The lowest BCUT2D eigenvalue weighted by atomic mass is 9.69. The Kier molecular flexibility index (Phi) is 5.19. The molecule has 1 aliphatic rings. The van der Waals surface area contributed by atoms with E-state index in [9.17, 15) is 0 Å². The lowest BCUT2D eigenvalue weighted by Crippen LogP contribution is -2.26. The Morgan fingerprint density at radius 3 is 2.65 bits per heavy atom. The van der Waals surface area contributed by atoms with Gasteiger partial charge in [0.05, 0.1) is 0 Å². The van der Waals surface area contributed by atoms with E-state index in [-0.39, 0.29) is 4.75 Å². The zero-order chi connectivity index (χ0) is 13.1. The second-order valence-corrected chi connectivity index (χ2v) is 8.12. The molecule has 1 heteroatoms. The summed E-state index contributed by atoms with van der Waals surface area (Å²) in [4.78, 5) is 0. The van der Waals surface area contributed by atoms with Crippen LogP contribution < -0.4 is 0 Å². The number of hydrogen-bond acceptors (Lipinski definition) is 1. The summed E-state index contributed by atoms with van der Waals surface area (Å²) in [6, 6.07) is 0. The van der Waals surface area contributed by atoms with Gasteiger partial charge in [0.2, 0.25) is 0 Å². The Bertz CT molecular complexity index is 263. The highest BCUT2D eigenvalue weighted by atomic mass is 32.1. The van der Waals surface area contributed by atoms with Crippen molar-refractivity contribution in [2.75, 3.05) is 0 Å². The summed E-state index contributed by atoms with van der Waals surface area (Å²) in [7, 11) is 0. The van der Waals surface area contributed by atoms with Gasteiger partial charge in [0.15, 0.2) is 0 Å². The van der Waals surface area contributed by atoms with Crippen LogP contribution in [0.2, 0.25) is 0 Å². The van der Waals surface area contributed by atoms with Gasteiger partial charge in [-0.3, -0.25) is 0 Å². The smallest absolute Gasteiger partial charge is 0.0138 e. The second kappa shape index (κ2) is 5.82. The Morgan fingerprint density at radius 2 is 2.12 bits per heavy atom. The minimum atomic E-state index is 0.146. The highest BCUT2D eigenvalue weighted by Crippen LogP contribution is 2.43. The maximum absolute atomic E-state index is 4.81. The van der Waals surface area contributed by atoms with Gasteiger partial charge in [0.1, 0.15) is 0 Å². The van der Waals surface area contributed by atoms with E-state index in [1.807, 2.05) is 0 Å². The quantitative estimate of drug-likeness (QED) is 0.476. The molecule has 1 saturated carbocycles. The third kappa shape index (κ3) is 5.07. The number of allylic oxidation sites excluding steroid dienone is 1. The van der Waals surface area contributed by atoms with Crippen molar-refractivity contribution in [2.24, 2.45) is 11.3 Å². The van der Waals surface area contributed by atoms with Crippen LogP contribution in [0.15, 0.2) is 12.2 Å². The molecular weight excluding hydrogens is 224 g/mol. The number of rotatable bonds is 5. The van der Waals surface area contributed by atoms with E-state index in [0.717, 1.165) is 12.3 Å².